The fourth-order valence-electron chi connectivity index (χ4n) is 7.08. The minimum absolute atomic E-state index is 0.00119. The number of aliphatic imine (C=N–C) groups is 1. The summed E-state index contributed by atoms with van der Waals surface area (Å²) in [6.45, 7) is 2.69. The van der Waals surface area contributed by atoms with Crippen LogP contribution >= 0.6 is 0 Å². The van der Waals surface area contributed by atoms with Crippen LogP contribution in [0.25, 0.3) is 28.0 Å². The maximum absolute atomic E-state index is 14.3. The average molecular weight is 671 g/mol. The molecule has 0 radical (unpaired) electrons. The minimum Gasteiger partial charge on any atom is -0.493 e. The normalized spacial score (nSPS) is 17.1. The van der Waals surface area contributed by atoms with Gasteiger partial charge in [0, 0.05) is 48.4 Å². The van der Waals surface area contributed by atoms with Crippen LogP contribution in [0.5, 0.6) is 17.2 Å². The second kappa shape index (κ2) is 13.3. The molecular formula is C39H38N6O5. The van der Waals surface area contributed by atoms with Crippen molar-refractivity contribution in [3.05, 3.63) is 101 Å². The lowest BCUT2D eigenvalue weighted by molar-refractivity contribution is -0.236. The number of carbonyl (C=O) groups excluding carboxylic acids is 1. The molecule has 2 fully saturated rings. The minimum atomic E-state index is -0.140. The summed E-state index contributed by atoms with van der Waals surface area (Å²) in [7, 11) is 3.15. The van der Waals surface area contributed by atoms with Crippen LogP contribution in [0.4, 0.5) is 11.4 Å². The van der Waals surface area contributed by atoms with Gasteiger partial charge in [-0.3, -0.25) is 19.1 Å². The van der Waals surface area contributed by atoms with Crippen LogP contribution in [-0.2, 0) is 0 Å². The molecule has 0 aliphatic carbocycles. The predicted octanol–water partition coefficient (Wildman–Crippen LogP) is 6.59. The molecule has 4 heterocycles. The van der Waals surface area contributed by atoms with Crippen LogP contribution in [0.15, 0.2) is 94.7 Å². The number of aromatic nitrogens is 2. The number of hydrogen-bond donors (Lipinski definition) is 0. The Morgan fingerprint density at radius 1 is 0.800 bits per heavy atom. The molecular weight excluding hydrogens is 632 g/mol. The fraction of sp³-hybridized carbons (Fsp3) is 0.282. The van der Waals surface area contributed by atoms with Gasteiger partial charge in [-0.2, -0.15) is 0 Å². The largest absolute Gasteiger partial charge is 0.493 e. The summed E-state index contributed by atoms with van der Waals surface area (Å²) in [5.74, 6) is 1.71. The summed E-state index contributed by atoms with van der Waals surface area (Å²) in [6, 6.07) is 26.3. The number of hydroxylamine groups is 2. The van der Waals surface area contributed by atoms with Crippen molar-refractivity contribution in [1.82, 2.24) is 19.7 Å². The first-order valence-corrected chi connectivity index (χ1v) is 17.1. The van der Waals surface area contributed by atoms with Crippen molar-refractivity contribution in [2.45, 2.75) is 38.1 Å². The van der Waals surface area contributed by atoms with E-state index in [4.69, 9.17) is 19.4 Å². The second-order valence-corrected chi connectivity index (χ2v) is 12.8. The molecule has 5 aromatic rings. The Morgan fingerprint density at radius 2 is 1.58 bits per heavy atom. The third-order valence-corrected chi connectivity index (χ3v) is 9.62. The van der Waals surface area contributed by atoms with E-state index >= 15 is 0 Å². The quantitative estimate of drug-likeness (QED) is 0.171. The average Bonchev–Trinajstić information content (AvgIpc) is 3.59. The first-order chi connectivity index (χ1) is 24.5. The zero-order valence-corrected chi connectivity index (χ0v) is 28.1. The molecule has 11 nitrogen and oxygen atoms in total. The number of anilines is 1. The Hall–Kier alpha value is -5.68. The van der Waals surface area contributed by atoms with E-state index in [2.05, 4.69) is 16.0 Å². The molecule has 0 N–H and O–H groups in total. The van der Waals surface area contributed by atoms with Gasteiger partial charge in [0.15, 0.2) is 17.2 Å². The molecule has 1 unspecified atom stereocenters. The molecule has 0 spiro atoms. The summed E-state index contributed by atoms with van der Waals surface area (Å²) >= 11 is 0. The Balaban J connectivity index is 1.07. The van der Waals surface area contributed by atoms with Gasteiger partial charge < -0.3 is 24.2 Å². The van der Waals surface area contributed by atoms with E-state index in [9.17, 15) is 9.59 Å². The van der Waals surface area contributed by atoms with Crippen molar-refractivity contribution in [2.75, 3.05) is 38.7 Å². The standard InChI is InChI=1S/C39H38N6O5/c1-42(50-36-24-34-32(23-35(36)48-2)38(46)44-21-9-12-29(44)25-40-34)49-30-16-13-27(14-17-30)45-37(26-10-5-3-6-11-26)41-33-18-15-28(22-31(33)39(45)47)43-19-7-4-8-20-43/h3,5-6,10-11,13-18,22-25,29H,4,7-9,12,19-21H2,1-2H3. The number of carbonyl (C=O) groups is 1. The van der Waals surface area contributed by atoms with E-state index in [-0.39, 0.29) is 17.5 Å². The Morgan fingerprint density at radius 3 is 2.36 bits per heavy atom. The van der Waals surface area contributed by atoms with E-state index in [0.717, 1.165) is 50.0 Å². The molecule has 3 aliphatic rings. The van der Waals surface area contributed by atoms with E-state index in [1.54, 1.807) is 35.9 Å². The number of fused-ring (bicyclic) bond motifs is 3. The van der Waals surface area contributed by atoms with Crippen molar-refractivity contribution in [2.24, 2.45) is 4.99 Å². The van der Waals surface area contributed by atoms with Gasteiger partial charge in [-0.25, -0.2) is 4.98 Å². The van der Waals surface area contributed by atoms with Gasteiger partial charge in [0.05, 0.1) is 48.0 Å². The monoisotopic (exact) mass is 670 g/mol. The smallest absolute Gasteiger partial charge is 0.266 e. The highest BCUT2D eigenvalue weighted by atomic mass is 16.9. The molecule has 3 aliphatic heterocycles. The van der Waals surface area contributed by atoms with Gasteiger partial charge in [-0.15, -0.1) is 0 Å². The van der Waals surface area contributed by atoms with Crippen molar-refractivity contribution in [3.63, 3.8) is 0 Å². The number of nitrogens with zero attached hydrogens (tertiary/aromatic N) is 6. The molecule has 50 heavy (non-hydrogen) atoms. The van der Waals surface area contributed by atoms with Crippen molar-refractivity contribution < 1.29 is 19.2 Å². The molecule has 0 saturated carbocycles. The third-order valence-electron chi connectivity index (χ3n) is 9.62. The zero-order valence-electron chi connectivity index (χ0n) is 28.1. The number of hydrogen-bond acceptors (Lipinski definition) is 9. The van der Waals surface area contributed by atoms with Crippen LogP contribution in [0.3, 0.4) is 0 Å². The van der Waals surface area contributed by atoms with E-state index in [0.29, 0.717) is 57.5 Å². The predicted molar refractivity (Wildman–Crippen MR) is 193 cm³/mol. The number of methoxy groups -OCH3 is 1. The molecule has 4 aromatic carbocycles. The topological polar surface area (TPSA) is 102 Å². The SMILES string of the molecule is COc1cc2c(cc1ON(C)Oc1ccc(-n3c(-c4ccccc4)nc4ccc(N5CCCCC5)cc4c3=O)cc1)N=CC1CCCN1C2=O. The Labute approximate surface area is 289 Å². The fourth-order valence-corrected chi connectivity index (χ4v) is 7.08. The van der Waals surface area contributed by atoms with Gasteiger partial charge >= 0.3 is 0 Å². The Bertz CT molecular complexity index is 2140. The van der Waals surface area contributed by atoms with Gasteiger partial charge in [-0.05, 0) is 80.6 Å². The number of amides is 1. The summed E-state index contributed by atoms with van der Waals surface area (Å²) < 4.78 is 7.25. The van der Waals surface area contributed by atoms with Crippen LogP contribution in [0, 0.1) is 0 Å². The van der Waals surface area contributed by atoms with Crippen LogP contribution in [0.1, 0.15) is 42.5 Å². The number of rotatable bonds is 8. The molecule has 1 aromatic heterocycles. The lowest BCUT2D eigenvalue weighted by Gasteiger charge is -2.29. The number of benzene rings is 4. The first kappa shape index (κ1) is 31.6. The summed E-state index contributed by atoms with van der Waals surface area (Å²) in [4.78, 5) is 53.3. The van der Waals surface area contributed by atoms with Gasteiger partial charge in [0.1, 0.15) is 5.82 Å². The van der Waals surface area contributed by atoms with Gasteiger partial charge in [0.25, 0.3) is 11.5 Å². The highest BCUT2D eigenvalue weighted by molar-refractivity contribution is 6.03. The summed E-state index contributed by atoms with van der Waals surface area (Å²) in [6.07, 6.45) is 7.23. The highest BCUT2D eigenvalue weighted by Gasteiger charge is 2.33. The van der Waals surface area contributed by atoms with Crippen molar-refractivity contribution in [3.8, 4) is 34.3 Å². The third kappa shape index (κ3) is 5.94. The van der Waals surface area contributed by atoms with E-state index in [1.165, 1.54) is 18.8 Å². The van der Waals surface area contributed by atoms with E-state index < -0.39 is 0 Å². The molecule has 1 amide bonds. The molecule has 2 saturated heterocycles. The van der Waals surface area contributed by atoms with Crippen molar-refractivity contribution in [1.29, 1.82) is 0 Å². The maximum Gasteiger partial charge on any atom is 0.266 e. The number of piperidine rings is 1. The molecule has 0 bridgehead atoms. The molecule has 11 heteroatoms. The van der Waals surface area contributed by atoms with Gasteiger partial charge in [0.2, 0.25) is 0 Å². The summed E-state index contributed by atoms with van der Waals surface area (Å²) in [5.41, 5.74) is 4.05. The second-order valence-electron chi connectivity index (χ2n) is 12.8. The van der Waals surface area contributed by atoms with Crippen molar-refractivity contribution >= 4 is 34.4 Å². The first-order valence-electron chi connectivity index (χ1n) is 17.1. The molecule has 8 rings (SSSR count). The van der Waals surface area contributed by atoms with Crippen LogP contribution in [0.2, 0.25) is 0 Å². The molecule has 1 atom stereocenters. The zero-order chi connectivity index (χ0) is 34.2. The Kier molecular flexibility index (Phi) is 8.41. The molecule has 254 valence electrons. The lowest BCUT2D eigenvalue weighted by atomic mass is 10.1. The highest BCUT2D eigenvalue weighted by Crippen LogP contribution is 2.38. The van der Waals surface area contributed by atoms with Gasteiger partial charge in [-0.1, -0.05) is 30.3 Å². The van der Waals surface area contributed by atoms with Crippen LogP contribution in [-0.4, -0.2) is 71.6 Å². The lowest BCUT2D eigenvalue weighted by Crippen LogP contribution is -2.35. The number of ether oxygens (including phenoxy) is 1. The van der Waals surface area contributed by atoms with E-state index in [1.807, 2.05) is 65.7 Å². The summed E-state index contributed by atoms with van der Waals surface area (Å²) in [5, 5.41) is 1.78. The van der Waals surface area contributed by atoms with Crippen LogP contribution < -0.4 is 24.9 Å². The maximum atomic E-state index is 14.3.